The van der Waals surface area contributed by atoms with E-state index in [-0.39, 0.29) is 5.91 Å². The van der Waals surface area contributed by atoms with Gasteiger partial charge in [-0.05, 0) is 78.9 Å². The summed E-state index contributed by atoms with van der Waals surface area (Å²) < 4.78 is 45.8. The Labute approximate surface area is 255 Å². The lowest BCUT2D eigenvalue weighted by molar-refractivity contribution is -0.137. The molecule has 2 aliphatic rings. The highest BCUT2D eigenvalue weighted by atomic mass is 19.4. The number of ether oxygens (including phenoxy) is 1. The SMILES string of the molecule is COc1ccc(CN2CCC(c3ccc4c(c3)cc(C(=O)N3CCN(Cc5ccc(C(F)(F)F)cc5)CC3)n4C)CC2)cn1. The Bertz CT molecular complexity index is 1580. The number of methoxy groups -OCH3 is 1. The highest BCUT2D eigenvalue weighted by molar-refractivity contribution is 5.99. The number of halogens is 3. The zero-order valence-electron chi connectivity index (χ0n) is 25.2. The number of piperazine rings is 1. The number of hydrogen-bond acceptors (Lipinski definition) is 5. The van der Waals surface area contributed by atoms with Crippen LogP contribution < -0.4 is 4.74 Å². The minimum absolute atomic E-state index is 0.0146. The van der Waals surface area contributed by atoms with Gasteiger partial charge in [-0.3, -0.25) is 14.6 Å². The van der Waals surface area contributed by atoms with Gasteiger partial charge in [0.2, 0.25) is 5.88 Å². The second-order valence-corrected chi connectivity index (χ2v) is 11.9. The number of nitrogens with zero attached hydrogens (tertiary/aromatic N) is 5. The van der Waals surface area contributed by atoms with E-state index in [9.17, 15) is 18.0 Å². The zero-order valence-corrected chi connectivity index (χ0v) is 25.2. The minimum Gasteiger partial charge on any atom is -0.481 e. The molecule has 4 heterocycles. The molecule has 2 saturated heterocycles. The quantitative estimate of drug-likeness (QED) is 0.261. The van der Waals surface area contributed by atoms with Gasteiger partial charge in [-0.15, -0.1) is 0 Å². The van der Waals surface area contributed by atoms with Gasteiger partial charge in [0, 0.05) is 69.5 Å². The van der Waals surface area contributed by atoms with Crippen molar-refractivity contribution in [2.45, 2.75) is 38.0 Å². The molecule has 232 valence electrons. The van der Waals surface area contributed by atoms with Gasteiger partial charge in [0.1, 0.15) is 5.69 Å². The number of pyridine rings is 1. The van der Waals surface area contributed by atoms with Crippen LogP contribution in [-0.4, -0.2) is 76.5 Å². The predicted molar refractivity (Wildman–Crippen MR) is 164 cm³/mol. The van der Waals surface area contributed by atoms with E-state index in [2.05, 4.69) is 39.0 Å². The highest BCUT2D eigenvalue weighted by Crippen LogP contribution is 2.32. The molecule has 4 aromatic rings. The van der Waals surface area contributed by atoms with Crippen molar-refractivity contribution >= 4 is 16.8 Å². The van der Waals surface area contributed by atoms with Crippen LogP contribution in [0.2, 0.25) is 0 Å². The fourth-order valence-electron chi connectivity index (χ4n) is 6.46. The molecule has 44 heavy (non-hydrogen) atoms. The minimum atomic E-state index is -4.33. The summed E-state index contributed by atoms with van der Waals surface area (Å²) in [5.41, 5.74) is 4.43. The molecule has 0 atom stereocenters. The molecule has 0 bridgehead atoms. The normalized spacial score (nSPS) is 17.3. The van der Waals surface area contributed by atoms with E-state index in [1.165, 1.54) is 23.3 Å². The highest BCUT2D eigenvalue weighted by Gasteiger charge is 2.30. The fourth-order valence-corrected chi connectivity index (χ4v) is 6.46. The van der Waals surface area contributed by atoms with Crippen LogP contribution in [0.1, 0.15) is 51.5 Å². The van der Waals surface area contributed by atoms with Crippen LogP contribution in [0.15, 0.2) is 66.9 Å². The number of hydrogen-bond donors (Lipinski definition) is 0. The van der Waals surface area contributed by atoms with Gasteiger partial charge in [-0.1, -0.05) is 24.3 Å². The average Bonchev–Trinajstić information content (AvgIpc) is 3.37. The first-order chi connectivity index (χ1) is 21.2. The maximum Gasteiger partial charge on any atom is 0.416 e. The van der Waals surface area contributed by atoms with Crippen LogP contribution >= 0.6 is 0 Å². The summed E-state index contributed by atoms with van der Waals surface area (Å²) in [6, 6.07) is 17.9. The molecule has 7 nitrogen and oxygen atoms in total. The van der Waals surface area contributed by atoms with E-state index >= 15 is 0 Å². The van der Waals surface area contributed by atoms with Gasteiger partial charge in [0.15, 0.2) is 0 Å². The van der Waals surface area contributed by atoms with E-state index < -0.39 is 11.7 Å². The zero-order chi connectivity index (χ0) is 30.8. The number of rotatable bonds is 7. The van der Waals surface area contributed by atoms with Crippen molar-refractivity contribution in [3.05, 3.63) is 94.8 Å². The second-order valence-electron chi connectivity index (χ2n) is 11.9. The number of piperidine rings is 1. The maximum atomic E-state index is 13.6. The number of likely N-dealkylation sites (tertiary alicyclic amines) is 1. The van der Waals surface area contributed by atoms with E-state index in [1.807, 2.05) is 34.8 Å². The first-order valence-electron chi connectivity index (χ1n) is 15.2. The van der Waals surface area contributed by atoms with Gasteiger partial charge in [-0.2, -0.15) is 13.2 Å². The van der Waals surface area contributed by atoms with Crippen molar-refractivity contribution in [3.63, 3.8) is 0 Å². The lowest BCUT2D eigenvalue weighted by atomic mass is 9.89. The van der Waals surface area contributed by atoms with Gasteiger partial charge in [0.25, 0.3) is 5.91 Å². The average molecular weight is 606 g/mol. The number of carbonyl (C=O) groups is 1. The van der Waals surface area contributed by atoms with Gasteiger partial charge >= 0.3 is 6.18 Å². The van der Waals surface area contributed by atoms with E-state index in [4.69, 9.17) is 4.74 Å². The first kappa shape index (κ1) is 30.1. The maximum absolute atomic E-state index is 13.6. The Morgan fingerprint density at radius 1 is 0.864 bits per heavy atom. The molecule has 1 amide bonds. The van der Waals surface area contributed by atoms with Crippen molar-refractivity contribution < 1.29 is 22.7 Å². The Morgan fingerprint density at radius 3 is 2.16 bits per heavy atom. The largest absolute Gasteiger partial charge is 0.481 e. The Hall–Kier alpha value is -3.89. The number of fused-ring (bicyclic) bond motifs is 1. The summed E-state index contributed by atoms with van der Waals surface area (Å²) in [4.78, 5) is 24.4. The fraction of sp³-hybridized carbons (Fsp3) is 0.412. The van der Waals surface area contributed by atoms with Crippen molar-refractivity contribution in [3.8, 4) is 5.88 Å². The lowest BCUT2D eigenvalue weighted by Crippen LogP contribution is -2.48. The van der Waals surface area contributed by atoms with Gasteiger partial charge in [0.05, 0.1) is 12.7 Å². The van der Waals surface area contributed by atoms with Crippen LogP contribution in [0.4, 0.5) is 13.2 Å². The molecule has 2 aliphatic heterocycles. The Kier molecular flexibility index (Phi) is 8.64. The summed E-state index contributed by atoms with van der Waals surface area (Å²) in [5, 5.41) is 1.08. The third-order valence-corrected chi connectivity index (χ3v) is 9.10. The van der Waals surface area contributed by atoms with Gasteiger partial charge < -0.3 is 14.2 Å². The smallest absolute Gasteiger partial charge is 0.416 e. The molecular formula is C34H38F3N5O2. The number of alkyl halides is 3. The summed E-state index contributed by atoms with van der Waals surface area (Å²) in [6.45, 7) is 6.01. The van der Waals surface area contributed by atoms with Crippen molar-refractivity contribution in [1.29, 1.82) is 0 Å². The topological polar surface area (TPSA) is 53.8 Å². The first-order valence-corrected chi connectivity index (χ1v) is 15.2. The Morgan fingerprint density at radius 2 is 1.52 bits per heavy atom. The van der Waals surface area contributed by atoms with Gasteiger partial charge in [-0.25, -0.2) is 4.98 Å². The molecule has 0 spiro atoms. The molecule has 0 N–H and O–H groups in total. The molecule has 2 fully saturated rings. The summed E-state index contributed by atoms with van der Waals surface area (Å²) in [7, 11) is 3.57. The summed E-state index contributed by atoms with van der Waals surface area (Å²) >= 11 is 0. The Balaban J connectivity index is 1.04. The van der Waals surface area contributed by atoms with Crippen molar-refractivity contribution in [2.75, 3.05) is 46.4 Å². The lowest BCUT2D eigenvalue weighted by Gasteiger charge is -2.34. The summed E-state index contributed by atoms with van der Waals surface area (Å²) in [6.07, 6.45) is -0.270. The van der Waals surface area contributed by atoms with Crippen LogP contribution in [0.25, 0.3) is 10.9 Å². The third-order valence-electron chi connectivity index (χ3n) is 9.10. The molecule has 0 saturated carbocycles. The molecule has 10 heteroatoms. The molecule has 0 unspecified atom stereocenters. The van der Waals surface area contributed by atoms with E-state index in [0.717, 1.165) is 61.1 Å². The monoisotopic (exact) mass is 605 g/mol. The molecule has 0 aliphatic carbocycles. The van der Waals surface area contributed by atoms with Crippen LogP contribution in [-0.2, 0) is 26.3 Å². The molecule has 2 aromatic heterocycles. The molecule has 2 aromatic carbocycles. The number of benzene rings is 2. The molecule has 0 radical (unpaired) electrons. The summed E-state index contributed by atoms with van der Waals surface area (Å²) in [5.74, 6) is 1.13. The third kappa shape index (κ3) is 6.61. The number of carbonyl (C=O) groups excluding carboxylic acids is 1. The van der Waals surface area contributed by atoms with Crippen molar-refractivity contribution in [2.24, 2.45) is 7.05 Å². The van der Waals surface area contributed by atoms with Crippen molar-refractivity contribution in [1.82, 2.24) is 24.3 Å². The second kappa shape index (κ2) is 12.6. The molecular weight excluding hydrogens is 567 g/mol. The van der Waals surface area contributed by atoms with Crippen LogP contribution in [0, 0.1) is 0 Å². The number of aromatic nitrogens is 2. The molecule has 6 rings (SSSR count). The number of amides is 1. The standard InChI is InChI=1S/C34H38F3N5O2/c1-39-30-9-6-27(26-11-13-40(14-12-26)23-25-5-10-32(44-2)38-21-25)19-28(30)20-31(39)33(43)42-17-15-41(16-18-42)22-24-3-7-29(8-4-24)34(35,36)37/h3-10,19-21,26H,11-18,22-23H2,1-2H3. The van der Waals surface area contributed by atoms with E-state index in [1.54, 1.807) is 7.11 Å². The van der Waals surface area contributed by atoms with Crippen LogP contribution in [0.5, 0.6) is 5.88 Å². The van der Waals surface area contributed by atoms with E-state index in [0.29, 0.717) is 50.2 Å². The van der Waals surface area contributed by atoms with Crippen LogP contribution in [0.3, 0.4) is 0 Å². The predicted octanol–water partition coefficient (Wildman–Crippen LogP) is 5.94. The number of aryl methyl sites for hydroxylation is 1.